The minimum Gasteiger partial charge on any atom is -0.479 e. The summed E-state index contributed by atoms with van der Waals surface area (Å²) in [6, 6.07) is 18.3. The van der Waals surface area contributed by atoms with E-state index in [0.717, 1.165) is 11.1 Å². The molecular formula is C18H19O6P. The van der Waals surface area contributed by atoms with Crippen molar-refractivity contribution in [1.82, 2.24) is 0 Å². The first kappa shape index (κ1) is 17.8. The van der Waals surface area contributed by atoms with Crippen LogP contribution in [0.2, 0.25) is 0 Å². The molecule has 6 nitrogen and oxygen atoms in total. The molecule has 0 aromatic heterocycles. The predicted molar refractivity (Wildman–Crippen MR) is 90.8 cm³/mol. The second-order valence-corrected chi connectivity index (χ2v) is 7.45. The Labute approximate surface area is 146 Å². The molecule has 1 aliphatic rings. The van der Waals surface area contributed by atoms with Crippen LogP contribution >= 0.6 is 7.82 Å². The van der Waals surface area contributed by atoms with Gasteiger partial charge in [0.1, 0.15) is 0 Å². The fourth-order valence-corrected chi connectivity index (χ4v) is 3.70. The van der Waals surface area contributed by atoms with Crippen LogP contribution in [0, 0.1) is 0 Å². The topological polar surface area (TPSA) is 82.1 Å². The first-order valence-electron chi connectivity index (χ1n) is 7.93. The molecule has 0 saturated heterocycles. The third kappa shape index (κ3) is 4.77. The van der Waals surface area contributed by atoms with Crippen molar-refractivity contribution in [2.45, 2.75) is 31.7 Å². The van der Waals surface area contributed by atoms with Gasteiger partial charge in [-0.25, -0.2) is 9.36 Å². The average molecular weight is 362 g/mol. The van der Waals surface area contributed by atoms with Crippen LogP contribution in [-0.4, -0.2) is 16.7 Å². The van der Waals surface area contributed by atoms with Gasteiger partial charge in [-0.3, -0.25) is 13.6 Å². The molecule has 2 aromatic carbocycles. The van der Waals surface area contributed by atoms with Crippen molar-refractivity contribution in [3.8, 4) is 0 Å². The van der Waals surface area contributed by atoms with Crippen LogP contribution < -0.4 is 0 Å². The Bertz CT molecular complexity index is 710. The van der Waals surface area contributed by atoms with Gasteiger partial charge in [-0.05, 0) is 24.0 Å². The number of carbonyl (C=O) groups is 1. The molecule has 0 amide bonds. The molecule has 0 aliphatic heterocycles. The van der Waals surface area contributed by atoms with Gasteiger partial charge in [-0.2, -0.15) is 0 Å². The summed E-state index contributed by atoms with van der Waals surface area (Å²) in [5.41, 5.74) is 0.104. The van der Waals surface area contributed by atoms with E-state index in [1.54, 1.807) is 0 Å². The van der Waals surface area contributed by atoms with E-state index >= 15 is 0 Å². The number of hydrogen-bond donors (Lipinski definition) is 1. The van der Waals surface area contributed by atoms with Crippen molar-refractivity contribution in [1.29, 1.82) is 0 Å². The van der Waals surface area contributed by atoms with Crippen LogP contribution in [0.15, 0.2) is 60.7 Å². The summed E-state index contributed by atoms with van der Waals surface area (Å²) in [6.45, 7) is 0.00517. The fourth-order valence-electron chi connectivity index (χ4n) is 2.22. The zero-order valence-corrected chi connectivity index (χ0v) is 14.4. The van der Waals surface area contributed by atoms with Gasteiger partial charge in [0.15, 0.2) is 5.60 Å². The first-order chi connectivity index (χ1) is 12.0. The third-order valence-electron chi connectivity index (χ3n) is 3.84. The molecule has 1 saturated carbocycles. The van der Waals surface area contributed by atoms with Crippen molar-refractivity contribution >= 4 is 13.8 Å². The van der Waals surface area contributed by atoms with Crippen molar-refractivity contribution in [3.05, 3.63) is 71.8 Å². The second-order valence-electron chi connectivity index (χ2n) is 5.86. The molecule has 1 fully saturated rings. The molecule has 0 radical (unpaired) electrons. The van der Waals surface area contributed by atoms with Crippen LogP contribution in [-0.2, 0) is 36.1 Å². The maximum atomic E-state index is 13.0. The summed E-state index contributed by atoms with van der Waals surface area (Å²) in [6.07, 6.45) is 0.575. The molecule has 0 unspecified atom stereocenters. The van der Waals surface area contributed by atoms with E-state index in [1.165, 1.54) is 0 Å². The highest BCUT2D eigenvalue weighted by molar-refractivity contribution is 7.48. The van der Waals surface area contributed by atoms with Gasteiger partial charge in [-0.1, -0.05) is 60.7 Å². The van der Waals surface area contributed by atoms with Crippen molar-refractivity contribution < 1.29 is 28.0 Å². The minimum atomic E-state index is -4.04. The largest absolute Gasteiger partial charge is 0.479 e. The molecule has 132 valence electrons. The van der Waals surface area contributed by atoms with Crippen LogP contribution in [0.4, 0.5) is 0 Å². The summed E-state index contributed by atoms with van der Waals surface area (Å²) in [7, 11) is -4.04. The highest BCUT2D eigenvalue weighted by Gasteiger charge is 2.57. The molecular weight excluding hydrogens is 343 g/mol. The van der Waals surface area contributed by atoms with Gasteiger partial charge in [0, 0.05) is 0 Å². The zero-order chi connectivity index (χ0) is 17.8. The highest BCUT2D eigenvalue weighted by atomic mass is 31.2. The quantitative estimate of drug-likeness (QED) is 0.675. The van der Waals surface area contributed by atoms with Gasteiger partial charge in [-0.15, -0.1) is 0 Å². The van der Waals surface area contributed by atoms with Gasteiger partial charge < -0.3 is 5.11 Å². The number of carboxylic acids is 1. The van der Waals surface area contributed by atoms with Crippen molar-refractivity contribution in [3.63, 3.8) is 0 Å². The number of hydrogen-bond acceptors (Lipinski definition) is 5. The molecule has 1 aliphatic carbocycles. The molecule has 3 rings (SSSR count). The zero-order valence-electron chi connectivity index (χ0n) is 13.5. The number of phosphoric ester groups is 1. The lowest BCUT2D eigenvalue weighted by Gasteiger charge is -2.21. The molecule has 0 spiro atoms. The monoisotopic (exact) mass is 362 g/mol. The lowest BCUT2D eigenvalue weighted by molar-refractivity contribution is -0.148. The smallest absolute Gasteiger partial charge is 0.476 e. The normalized spacial score (nSPS) is 15.7. The Kier molecular flexibility index (Phi) is 5.35. The van der Waals surface area contributed by atoms with Gasteiger partial charge >= 0.3 is 13.8 Å². The Morgan fingerprint density at radius 2 is 1.36 bits per heavy atom. The second kappa shape index (κ2) is 7.50. The lowest BCUT2D eigenvalue weighted by atomic mass is 10.2. The Morgan fingerprint density at radius 1 is 0.920 bits per heavy atom. The minimum absolute atomic E-state index is 0.00259. The van der Waals surface area contributed by atoms with Crippen LogP contribution in [0.25, 0.3) is 0 Å². The first-order valence-corrected chi connectivity index (χ1v) is 9.39. The maximum Gasteiger partial charge on any atom is 0.476 e. The van der Waals surface area contributed by atoms with E-state index in [4.69, 9.17) is 13.6 Å². The fraction of sp³-hybridized carbons (Fsp3) is 0.278. The number of phosphoric acid groups is 1. The summed E-state index contributed by atoms with van der Waals surface area (Å²) < 4.78 is 29.2. The highest BCUT2D eigenvalue weighted by Crippen LogP contribution is 2.59. The summed E-state index contributed by atoms with van der Waals surface area (Å²) in [5, 5.41) is 9.28. The van der Waals surface area contributed by atoms with Crippen molar-refractivity contribution in [2.75, 3.05) is 0 Å². The number of carboxylic acid groups (broad SMARTS) is 1. The Hall–Kier alpha value is -1.98. The number of rotatable bonds is 9. The predicted octanol–water partition coefficient (Wildman–Crippen LogP) is 4.16. The average Bonchev–Trinajstić information content (AvgIpc) is 3.41. The molecule has 0 atom stereocenters. The Morgan fingerprint density at radius 3 is 1.72 bits per heavy atom. The standard InChI is InChI=1S/C18H19O6P/c19-17(20)18(11-12-18)24-25(21,22-13-15-7-3-1-4-8-15)23-14-16-9-5-2-6-10-16/h1-10H,11-14H2,(H,19,20). The van der Waals surface area contributed by atoms with E-state index in [0.29, 0.717) is 0 Å². The van der Waals surface area contributed by atoms with Crippen molar-refractivity contribution in [2.24, 2.45) is 0 Å². The molecule has 0 bridgehead atoms. The molecule has 2 aromatic rings. The SMILES string of the molecule is O=C(O)C1(OP(=O)(OCc2ccccc2)OCc2ccccc2)CC1. The van der Waals surface area contributed by atoms with Gasteiger partial charge in [0.05, 0.1) is 13.2 Å². The Balaban J connectivity index is 1.70. The lowest BCUT2D eigenvalue weighted by Crippen LogP contribution is -2.25. The van der Waals surface area contributed by atoms with Crippen LogP contribution in [0.3, 0.4) is 0 Å². The maximum absolute atomic E-state index is 13.0. The third-order valence-corrected chi connectivity index (χ3v) is 5.31. The van der Waals surface area contributed by atoms with Gasteiger partial charge in [0.25, 0.3) is 0 Å². The summed E-state index contributed by atoms with van der Waals surface area (Å²) in [4.78, 5) is 11.4. The molecule has 0 heterocycles. The molecule has 7 heteroatoms. The van der Waals surface area contributed by atoms with E-state index in [-0.39, 0.29) is 26.1 Å². The van der Waals surface area contributed by atoms with E-state index in [2.05, 4.69) is 0 Å². The summed E-state index contributed by atoms with van der Waals surface area (Å²) in [5.74, 6) is -1.15. The van der Waals surface area contributed by atoms with Crippen LogP contribution in [0.1, 0.15) is 24.0 Å². The van der Waals surface area contributed by atoms with E-state index in [9.17, 15) is 14.5 Å². The van der Waals surface area contributed by atoms with Crippen LogP contribution in [0.5, 0.6) is 0 Å². The van der Waals surface area contributed by atoms with Gasteiger partial charge in [0.2, 0.25) is 0 Å². The number of benzene rings is 2. The molecule has 25 heavy (non-hydrogen) atoms. The number of aliphatic carboxylic acids is 1. The van der Waals surface area contributed by atoms with E-state index in [1.807, 2.05) is 60.7 Å². The van der Waals surface area contributed by atoms with E-state index < -0.39 is 19.4 Å². The molecule has 1 N–H and O–H groups in total. The summed E-state index contributed by atoms with van der Waals surface area (Å²) >= 11 is 0.